The van der Waals surface area contributed by atoms with E-state index in [0.29, 0.717) is 45.3 Å². The molecule has 2 amide bonds. The summed E-state index contributed by atoms with van der Waals surface area (Å²) in [5.41, 5.74) is -0.445. The molecule has 0 N–H and O–H groups in total. The number of hydrogen-bond donors (Lipinski definition) is 0. The number of rotatable bonds is 3. The van der Waals surface area contributed by atoms with Crippen LogP contribution in [0.5, 0.6) is 0 Å². The topological polar surface area (TPSA) is 66.0 Å². The monoisotopic (exact) mass is 426 g/mol. The van der Waals surface area contributed by atoms with E-state index in [1.54, 1.807) is 0 Å². The first kappa shape index (κ1) is 20.7. The predicted molar refractivity (Wildman–Crippen MR) is 118 cm³/mol. The minimum absolute atomic E-state index is 0.137. The predicted octanol–water partition coefficient (Wildman–Crippen LogP) is 2.18. The van der Waals surface area contributed by atoms with Gasteiger partial charge in [0.15, 0.2) is 0 Å². The smallest absolute Gasteiger partial charge is 0.231 e. The van der Waals surface area contributed by atoms with Crippen molar-refractivity contribution in [2.45, 2.75) is 38.5 Å². The van der Waals surface area contributed by atoms with Crippen LogP contribution in [0.1, 0.15) is 38.5 Å². The second-order valence-electron chi connectivity index (χ2n) is 9.70. The van der Waals surface area contributed by atoms with E-state index < -0.39 is 5.41 Å². The molecule has 4 aliphatic rings. The molecule has 0 unspecified atom stereocenters. The lowest BCUT2D eigenvalue weighted by Crippen LogP contribution is -2.53. The fourth-order valence-corrected chi connectivity index (χ4v) is 6.21. The summed E-state index contributed by atoms with van der Waals surface area (Å²) in [5, 5.41) is 0. The van der Waals surface area contributed by atoms with Crippen LogP contribution in [0.2, 0.25) is 0 Å². The van der Waals surface area contributed by atoms with Crippen molar-refractivity contribution in [3.05, 3.63) is 24.4 Å². The second kappa shape index (κ2) is 8.77. The van der Waals surface area contributed by atoms with Gasteiger partial charge in [-0.25, -0.2) is 4.98 Å². The molecule has 4 heterocycles. The normalized spacial score (nSPS) is 29.7. The van der Waals surface area contributed by atoms with Crippen molar-refractivity contribution in [2.24, 2.45) is 17.3 Å². The van der Waals surface area contributed by atoms with E-state index in [-0.39, 0.29) is 17.7 Å². The van der Waals surface area contributed by atoms with Crippen LogP contribution in [0.4, 0.5) is 5.82 Å². The van der Waals surface area contributed by atoms with Crippen LogP contribution in [-0.2, 0) is 14.3 Å². The molecule has 2 atom stereocenters. The van der Waals surface area contributed by atoms with Crippen LogP contribution >= 0.6 is 0 Å². The standard InChI is InChI=1S/C24H34N4O3/c29-22(19-6-1-2-7-19)27-11-5-9-24(23(30)26-12-14-31-15-13-26)18-28(17-20(24)16-27)21-8-3-4-10-25-21/h3-4,8,10,19-20H,1-2,5-7,9,11-18H2/t20-,24-/m0/s1. The zero-order chi connectivity index (χ0) is 21.3. The van der Waals surface area contributed by atoms with Crippen molar-refractivity contribution in [3.63, 3.8) is 0 Å². The molecular weight excluding hydrogens is 392 g/mol. The van der Waals surface area contributed by atoms with E-state index in [4.69, 9.17) is 4.74 Å². The number of amides is 2. The molecule has 1 aromatic rings. The lowest BCUT2D eigenvalue weighted by Gasteiger charge is -2.39. The largest absolute Gasteiger partial charge is 0.378 e. The first-order chi connectivity index (χ1) is 15.2. The fourth-order valence-electron chi connectivity index (χ4n) is 6.21. The zero-order valence-electron chi connectivity index (χ0n) is 18.4. The number of carbonyl (C=O) groups excluding carboxylic acids is 2. The number of carbonyl (C=O) groups is 2. The first-order valence-electron chi connectivity index (χ1n) is 12.0. The molecule has 0 bridgehead atoms. The highest BCUT2D eigenvalue weighted by Crippen LogP contribution is 2.45. The number of anilines is 1. The van der Waals surface area contributed by atoms with Crippen LogP contribution in [0.15, 0.2) is 24.4 Å². The number of ether oxygens (including phenoxy) is 1. The number of nitrogens with zero attached hydrogens (tertiary/aromatic N) is 4. The maximum atomic E-state index is 13.9. The number of aromatic nitrogens is 1. The quantitative estimate of drug-likeness (QED) is 0.741. The summed E-state index contributed by atoms with van der Waals surface area (Å²) in [6.45, 7) is 5.51. The molecule has 7 heteroatoms. The molecule has 0 aromatic carbocycles. The molecule has 1 aromatic heterocycles. The third-order valence-electron chi connectivity index (χ3n) is 7.90. The highest BCUT2D eigenvalue weighted by molar-refractivity contribution is 5.85. The van der Waals surface area contributed by atoms with Crippen LogP contribution < -0.4 is 4.90 Å². The Labute approximate surface area is 184 Å². The Morgan fingerprint density at radius 1 is 1.00 bits per heavy atom. The Balaban J connectivity index is 1.42. The van der Waals surface area contributed by atoms with Crippen molar-refractivity contribution < 1.29 is 14.3 Å². The van der Waals surface area contributed by atoms with Crippen molar-refractivity contribution in [2.75, 3.05) is 57.4 Å². The number of fused-ring (bicyclic) bond motifs is 1. The van der Waals surface area contributed by atoms with Gasteiger partial charge in [0, 0.05) is 57.3 Å². The van der Waals surface area contributed by atoms with E-state index in [0.717, 1.165) is 44.6 Å². The summed E-state index contributed by atoms with van der Waals surface area (Å²) in [6.07, 6.45) is 7.93. The van der Waals surface area contributed by atoms with Crippen molar-refractivity contribution in [1.29, 1.82) is 0 Å². The third-order valence-corrected chi connectivity index (χ3v) is 7.90. The van der Waals surface area contributed by atoms with Gasteiger partial charge in [0.2, 0.25) is 11.8 Å². The van der Waals surface area contributed by atoms with Crippen LogP contribution in [0.25, 0.3) is 0 Å². The number of likely N-dealkylation sites (tertiary alicyclic amines) is 1. The van der Waals surface area contributed by atoms with Gasteiger partial charge in [-0.15, -0.1) is 0 Å². The highest BCUT2D eigenvalue weighted by atomic mass is 16.5. The van der Waals surface area contributed by atoms with Crippen molar-refractivity contribution in [1.82, 2.24) is 14.8 Å². The number of hydrogen-bond acceptors (Lipinski definition) is 5. The van der Waals surface area contributed by atoms with Gasteiger partial charge in [0.25, 0.3) is 0 Å². The summed E-state index contributed by atoms with van der Waals surface area (Å²) in [4.78, 5) is 38.1. The Bertz CT molecular complexity index is 791. The summed E-state index contributed by atoms with van der Waals surface area (Å²) in [7, 11) is 0. The molecule has 168 valence electrons. The lowest BCUT2D eigenvalue weighted by atomic mass is 9.73. The van der Waals surface area contributed by atoms with Gasteiger partial charge in [0.05, 0.1) is 18.6 Å². The Morgan fingerprint density at radius 2 is 1.81 bits per heavy atom. The molecule has 0 radical (unpaired) electrons. The minimum atomic E-state index is -0.445. The van der Waals surface area contributed by atoms with E-state index >= 15 is 0 Å². The number of morpholine rings is 1. The Hall–Kier alpha value is -2.15. The molecule has 4 fully saturated rings. The molecule has 1 aliphatic carbocycles. The highest BCUT2D eigenvalue weighted by Gasteiger charge is 2.55. The van der Waals surface area contributed by atoms with E-state index in [9.17, 15) is 9.59 Å². The molecule has 3 aliphatic heterocycles. The third kappa shape index (κ3) is 3.93. The van der Waals surface area contributed by atoms with Crippen LogP contribution in [0.3, 0.4) is 0 Å². The second-order valence-corrected chi connectivity index (χ2v) is 9.70. The molecule has 7 nitrogen and oxygen atoms in total. The summed E-state index contributed by atoms with van der Waals surface area (Å²) in [5.74, 6) is 1.84. The van der Waals surface area contributed by atoms with Crippen LogP contribution in [0, 0.1) is 17.3 Å². The maximum absolute atomic E-state index is 13.9. The van der Waals surface area contributed by atoms with Gasteiger partial charge in [-0.3, -0.25) is 9.59 Å². The van der Waals surface area contributed by atoms with Crippen LogP contribution in [-0.4, -0.2) is 79.1 Å². The summed E-state index contributed by atoms with van der Waals surface area (Å²) in [6, 6.07) is 5.96. The zero-order valence-corrected chi connectivity index (χ0v) is 18.4. The molecule has 1 saturated carbocycles. The van der Waals surface area contributed by atoms with Gasteiger partial charge in [-0.1, -0.05) is 18.9 Å². The molecule has 31 heavy (non-hydrogen) atoms. The van der Waals surface area contributed by atoms with Gasteiger partial charge in [0.1, 0.15) is 5.82 Å². The summed E-state index contributed by atoms with van der Waals surface area (Å²) >= 11 is 0. The Kier molecular flexibility index (Phi) is 5.87. The average molecular weight is 427 g/mol. The lowest BCUT2D eigenvalue weighted by molar-refractivity contribution is -0.148. The van der Waals surface area contributed by atoms with Crippen molar-refractivity contribution >= 4 is 17.6 Å². The van der Waals surface area contributed by atoms with Gasteiger partial charge in [-0.2, -0.15) is 0 Å². The molecule has 0 spiro atoms. The van der Waals surface area contributed by atoms with Gasteiger partial charge in [-0.05, 0) is 37.8 Å². The van der Waals surface area contributed by atoms with E-state index in [1.807, 2.05) is 29.3 Å². The average Bonchev–Trinajstić information content (AvgIpc) is 3.45. The van der Waals surface area contributed by atoms with Gasteiger partial charge >= 0.3 is 0 Å². The van der Waals surface area contributed by atoms with E-state index in [1.165, 1.54) is 12.8 Å². The van der Waals surface area contributed by atoms with E-state index in [2.05, 4.69) is 14.8 Å². The Morgan fingerprint density at radius 3 is 2.55 bits per heavy atom. The SMILES string of the molecule is O=C(C1CCCC1)N1CCC[C@]2(C(=O)N3CCOCC3)CN(c3ccccn3)C[C@@H]2C1. The van der Waals surface area contributed by atoms with Crippen molar-refractivity contribution in [3.8, 4) is 0 Å². The fraction of sp³-hybridized carbons (Fsp3) is 0.708. The molecule has 3 saturated heterocycles. The maximum Gasteiger partial charge on any atom is 0.231 e. The van der Waals surface area contributed by atoms with Gasteiger partial charge < -0.3 is 19.4 Å². The molecule has 5 rings (SSSR count). The minimum Gasteiger partial charge on any atom is -0.378 e. The first-order valence-corrected chi connectivity index (χ1v) is 12.0. The molecular formula is C24H34N4O3. The number of pyridine rings is 1. The summed E-state index contributed by atoms with van der Waals surface area (Å²) < 4.78 is 5.50.